The number of likely N-dealkylation sites (tertiary alicyclic amines) is 1. The van der Waals surface area contributed by atoms with Gasteiger partial charge in [0.15, 0.2) is 5.96 Å². The highest BCUT2D eigenvalue weighted by atomic mass is 15.3. The van der Waals surface area contributed by atoms with Crippen LogP contribution in [0.3, 0.4) is 0 Å². The van der Waals surface area contributed by atoms with Gasteiger partial charge in [0.2, 0.25) is 0 Å². The van der Waals surface area contributed by atoms with Crippen molar-refractivity contribution in [1.82, 2.24) is 25.3 Å². The SMILES string of the molecule is CN=C(NCCCN1CCCC1)NCc1ccccc1Cn1cccn1. The normalized spacial score (nSPS) is 15.3. The van der Waals surface area contributed by atoms with Crippen LogP contribution in [0.1, 0.15) is 30.4 Å². The number of guanidine groups is 1. The molecule has 1 aliphatic rings. The molecule has 2 N–H and O–H groups in total. The van der Waals surface area contributed by atoms with Crippen LogP contribution < -0.4 is 10.6 Å². The second kappa shape index (κ2) is 9.97. The summed E-state index contributed by atoms with van der Waals surface area (Å²) >= 11 is 0. The van der Waals surface area contributed by atoms with Gasteiger partial charge in [-0.05, 0) is 56.1 Å². The van der Waals surface area contributed by atoms with Crippen molar-refractivity contribution in [3.8, 4) is 0 Å². The molecular weight excluding hydrogens is 324 g/mol. The molecule has 1 aromatic carbocycles. The number of aromatic nitrogens is 2. The minimum atomic E-state index is 0.753. The van der Waals surface area contributed by atoms with E-state index in [4.69, 9.17) is 0 Å². The number of rotatable bonds is 8. The van der Waals surface area contributed by atoms with E-state index in [9.17, 15) is 0 Å². The first-order valence-corrected chi connectivity index (χ1v) is 9.56. The molecule has 2 aromatic rings. The maximum Gasteiger partial charge on any atom is 0.191 e. The Morgan fingerprint density at radius 2 is 1.92 bits per heavy atom. The molecule has 6 heteroatoms. The molecule has 1 saturated heterocycles. The molecule has 26 heavy (non-hydrogen) atoms. The van der Waals surface area contributed by atoms with Crippen LogP contribution in [0.2, 0.25) is 0 Å². The molecule has 1 fully saturated rings. The van der Waals surface area contributed by atoms with Crippen LogP contribution in [0.15, 0.2) is 47.7 Å². The van der Waals surface area contributed by atoms with E-state index in [0.29, 0.717) is 0 Å². The van der Waals surface area contributed by atoms with E-state index in [1.165, 1.54) is 43.6 Å². The summed E-state index contributed by atoms with van der Waals surface area (Å²) in [6, 6.07) is 10.4. The van der Waals surface area contributed by atoms with Crippen molar-refractivity contribution in [3.63, 3.8) is 0 Å². The van der Waals surface area contributed by atoms with Crippen LogP contribution in [0.4, 0.5) is 0 Å². The van der Waals surface area contributed by atoms with Gasteiger partial charge in [-0.25, -0.2) is 0 Å². The van der Waals surface area contributed by atoms with Crippen molar-refractivity contribution in [2.75, 3.05) is 33.2 Å². The van der Waals surface area contributed by atoms with Gasteiger partial charge in [-0.15, -0.1) is 0 Å². The lowest BCUT2D eigenvalue weighted by molar-refractivity contribution is 0.334. The standard InChI is InChI=1S/C20H30N6/c1-21-20(22-10-6-14-25-12-4-5-13-25)23-16-18-8-2-3-9-19(18)17-26-15-7-11-24-26/h2-3,7-9,11,15H,4-6,10,12-14,16-17H2,1H3,(H2,21,22,23). The van der Waals surface area contributed by atoms with Crippen LogP contribution in [0.25, 0.3) is 0 Å². The van der Waals surface area contributed by atoms with Gasteiger partial charge in [-0.2, -0.15) is 5.10 Å². The minimum Gasteiger partial charge on any atom is -0.356 e. The number of nitrogens with one attached hydrogen (secondary N) is 2. The zero-order valence-electron chi connectivity index (χ0n) is 15.7. The second-order valence-electron chi connectivity index (χ2n) is 6.73. The number of aliphatic imine (C=N–C) groups is 1. The van der Waals surface area contributed by atoms with Crippen LogP contribution in [0.5, 0.6) is 0 Å². The van der Waals surface area contributed by atoms with E-state index in [0.717, 1.165) is 32.0 Å². The lowest BCUT2D eigenvalue weighted by atomic mass is 10.1. The fourth-order valence-electron chi connectivity index (χ4n) is 3.37. The van der Waals surface area contributed by atoms with Crippen LogP contribution >= 0.6 is 0 Å². The molecule has 0 spiro atoms. The van der Waals surface area contributed by atoms with Crippen LogP contribution in [-0.2, 0) is 13.1 Å². The number of nitrogens with zero attached hydrogens (tertiary/aromatic N) is 4. The van der Waals surface area contributed by atoms with Gasteiger partial charge in [0.25, 0.3) is 0 Å². The second-order valence-corrected chi connectivity index (χ2v) is 6.73. The highest BCUT2D eigenvalue weighted by Gasteiger charge is 2.10. The van der Waals surface area contributed by atoms with Crippen molar-refractivity contribution in [2.24, 2.45) is 4.99 Å². The Balaban J connectivity index is 1.44. The summed E-state index contributed by atoms with van der Waals surface area (Å²) in [4.78, 5) is 6.89. The zero-order chi connectivity index (χ0) is 18.0. The summed E-state index contributed by atoms with van der Waals surface area (Å²) < 4.78 is 1.95. The Morgan fingerprint density at radius 1 is 1.12 bits per heavy atom. The lowest BCUT2D eigenvalue weighted by Crippen LogP contribution is -2.38. The summed E-state index contributed by atoms with van der Waals surface area (Å²) in [5.41, 5.74) is 2.54. The molecule has 1 aliphatic heterocycles. The van der Waals surface area contributed by atoms with Crippen LogP contribution in [-0.4, -0.2) is 53.9 Å². The Hall–Kier alpha value is -2.34. The number of benzene rings is 1. The summed E-state index contributed by atoms with van der Waals surface area (Å²) in [5, 5.41) is 11.2. The summed E-state index contributed by atoms with van der Waals surface area (Å²) in [6.45, 7) is 6.19. The van der Waals surface area contributed by atoms with Gasteiger partial charge < -0.3 is 15.5 Å². The third-order valence-corrected chi connectivity index (χ3v) is 4.82. The Kier molecular flexibility index (Phi) is 7.07. The third kappa shape index (κ3) is 5.59. The van der Waals surface area contributed by atoms with Crippen molar-refractivity contribution >= 4 is 5.96 Å². The highest BCUT2D eigenvalue weighted by Crippen LogP contribution is 2.10. The van der Waals surface area contributed by atoms with E-state index in [1.54, 1.807) is 0 Å². The van der Waals surface area contributed by atoms with Gasteiger partial charge >= 0.3 is 0 Å². The molecule has 2 heterocycles. The maximum atomic E-state index is 4.34. The summed E-state index contributed by atoms with van der Waals surface area (Å²) in [6.07, 6.45) is 7.67. The first-order chi connectivity index (χ1) is 12.8. The topological polar surface area (TPSA) is 57.5 Å². The quantitative estimate of drug-likeness (QED) is 0.433. The Labute approximate surface area is 156 Å². The molecule has 1 aromatic heterocycles. The monoisotopic (exact) mass is 354 g/mol. The average Bonchev–Trinajstić information content (AvgIpc) is 3.36. The predicted molar refractivity (Wildman–Crippen MR) is 106 cm³/mol. The van der Waals surface area contributed by atoms with Crippen LogP contribution in [0, 0.1) is 0 Å². The van der Waals surface area contributed by atoms with E-state index in [2.05, 4.69) is 49.9 Å². The molecule has 6 nitrogen and oxygen atoms in total. The van der Waals surface area contributed by atoms with Gasteiger partial charge in [0, 0.05) is 32.5 Å². The summed E-state index contributed by atoms with van der Waals surface area (Å²) in [7, 11) is 1.82. The molecule has 0 amide bonds. The molecular formula is C20H30N6. The minimum absolute atomic E-state index is 0.753. The highest BCUT2D eigenvalue weighted by molar-refractivity contribution is 5.79. The van der Waals surface area contributed by atoms with Gasteiger partial charge in [0.05, 0.1) is 6.54 Å². The van der Waals surface area contributed by atoms with Gasteiger partial charge in [-0.3, -0.25) is 9.67 Å². The molecule has 0 unspecified atom stereocenters. The molecule has 0 bridgehead atoms. The smallest absolute Gasteiger partial charge is 0.191 e. The lowest BCUT2D eigenvalue weighted by Gasteiger charge is -2.16. The Morgan fingerprint density at radius 3 is 2.65 bits per heavy atom. The molecule has 3 rings (SSSR count). The first kappa shape index (κ1) is 18.5. The van der Waals surface area contributed by atoms with E-state index in [1.807, 2.05) is 30.2 Å². The van der Waals surface area contributed by atoms with E-state index >= 15 is 0 Å². The largest absolute Gasteiger partial charge is 0.356 e. The average molecular weight is 355 g/mol. The van der Waals surface area contributed by atoms with Gasteiger partial charge in [0.1, 0.15) is 0 Å². The summed E-state index contributed by atoms with van der Waals surface area (Å²) in [5.74, 6) is 0.861. The van der Waals surface area contributed by atoms with E-state index < -0.39 is 0 Å². The molecule has 0 radical (unpaired) electrons. The first-order valence-electron chi connectivity index (χ1n) is 9.56. The molecule has 0 aliphatic carbocycles. The molecule has 0 saturated carbocycles. The molecule has 140 valence electrons. The maximum absolute atomic E-state index is 4.34. The Bertz CT molecular complexity index is 673. The number of hydrogen-bond acceptors (Lipinski definition) is 3. The molecule has 0 atom stereocenters. The van der Waals surface area contributed by atoms with Crippen molar-refractivity contribution in [2.45, 2.75) is 32.4 Å². The van der Waals surface area contributed by atoms with Crippen molar-refractivity contribution in [1.29, 1.82) is 0 Å². The number of hydrogen-bond donors (Lipinski definition) is 2. The van der Waals surface area contributed by atoms with Crippen molar-refractivity contribution < 1.29 is 0 Å². The fourth-order valence-corrected chi connectivity index (χ4v) is 3.37. The van der Waals surface area contributed by atoms with E-state index in [-0.39, 0.29) is 0 Å². The third-order valence-electron chi connectivity index (χ3n) is 4.82. The van der Waals surface area contributed by atoms with Crippen molar-refractivity contribution in [3.05, 3.63) is 53.9 Å². The predicted octanol–water partition coefficient (Wildman–Crippen LogP) is 2.08. The van der Waals surface area contributed by atoms with Gasteiger partial charge in [-0.1, -0.05) is 24.3 Å². The zero-order valence-corrected chi connectivity index (χ0v) is 15.7. The fraction of sp³-hybridized carbons (Fsp3) is 0.500.